The standard InChI is InChI=1S/C11H11BrFNO3S/c1-11(4-5-11)18(16,17)14-10(15)8-3-2-7(13)6-9(8)12/h2-3,6H,4-5H2,1H3,(H,14,15). The third-order valence-corrected chi connectivity index (χ3v) is 5.82. The van der Waals surface area contributed by atoms with Gasteiger partial charge in [0.1, 0.15) is 5.82 Å². The van der Waals surface area contributed by atoms with Crippen LogP contribution in [0.2, 0.25) is 0 Å². The van der Waals surface area contributed by atoms with Gasteiger partial charge in [-0.25, -0.2) is 17.5 Å². The minimum Gasteiger partial charge on any atom is -0.268 e. The van der Waals surface area contributed by atoms with Gasteiger partial charge in [0, 0.05) is 4.47 Å². The van der Waals surface area contributed by atoms with Gasteiger partial charge >= 0.3 is 0 Å². The Labute approximate surface area is 113 Å². The Morgan fingerprint density at radius 3 is 2.56 bits per heavy atom. The van der Waals surface area contributed by atoms with Crippen molar-refractivity contribution in [2.24, 2.45) is 0 Å². The number of rotatable bonds is 3. The lowest BCUT2D eigenvalue weighted by Gasteiger charge is -2.12. The summed E-state index contributed by atoms with van der Waals surface area (Å²) in [5.74, 6) is -1.26. The molecule has 1 aliphatic rings. The van der Waals surface area contributed by atoms with Crippen LogP contribution in [0.1, 0.15) is 30.1 Å². The second kappa shape index (κ2) is 4.31. The zero-order valence-electron chi connectivity index (χ0n) is 9.54. The number of carbonyl (C=O) groups is 1. The molecular weight excluding hydrogens is 325 g/mol. The van der Waals surface area contributed by atoms with Gasteiger partial charge in [-0.3, -0.25) is 4.79 Å². The highest BCUT2D eigenvalue weighted by Crippen LogP contribution is 2.42. The van der Waals surface area contributed by atoms with E-state index in [2.05, 4.69) is 15.9 Å². The van der Waals surface area contributed by atoms with Crippen LogP contribution in [-0.4, -0.2) is 19.1 Å². The van der Waals surface area contributed by atoms with Crippen molar-refractivity contribution in [3.63, 3.8) is 0 Å². The average Bonchev–Trinajstić information content (AvgIpc) is 2.97. The van der Waals surface area contributed by atoms with Crippen LogP contribution in [0, 0.1) is 5.82 Å². The number of carbonyl (C=O) groups excluding carboxylic acids is 1. The highest BCUT2D eigenvalue weighted by molar-refractivity contribution is 9.10. The molecule has 0 radical (unpaired) electrons. The van der Waals surface area contributed by atoms with E-state index < -0.39 is 26.5 Å². The van der Waals surface area contributed by atoms with Crippen LogP contribution in [0.25, 0.3) is 0 Å². The molecule has 0 atom stereocenters. The largest absolute Gasteiger partial charge is 0.268 e. The minimum atomic E-state index is -3.68. The highest BCUT2D eigenvalue weighted by atomic mass is 79.9. The Balaban J connectivity index is 2.23. The molecule has 1 aromatic carbocycles. The van der Waals surface area contributed by atoms with Crippen molar-refractivity contribution >= 4 is 31.9 Å². The van der Waals surface area contributed by atoms with Gasteiger partial charge in [0.2, 0.25) is 10.0 Å². The summed E-state index contributed by atoms with van der Waals surface area (Å²) >= 11 is 3.03. The normalized spacial score (nSPS) is 17.3. The molecule has 1 aliphatic carbocycles. The van der Waals surface area contributed by atoms with Crippen molar-refractivity contribution in [1.29, 1.82) is 0 Å². The summed E-state index contributed by atoms with van der Waals surface area (Å²) in [5, 5.41) is 0. The third kappa shape index (κ3) is 2.42. The fourth-order valence-electron chi connectivity index (χ4n) is 1.42. The number of sulfonamides is 1. The molecule has 0 bridgehead atoms. The zero-order chi connectivity index (χ0) is 13.6. The van der Waals surface area contributed by atoms with Crippen LogP contribution in [0.15, 0.2) is 22.7 Å². The van der Waals surface area contributed by atoms with Gasteiger partial charge in [0.15, 0.2) is 0 Å². The Morgan fingerprint density at radius 1 is 1.44 bits per heavy atom. The smallest absolute Gasteiger partial charge is 0.265 e. The third-order valence-electron chi connectivity index (χ3n) is 3.01. The van der Waals surface area contributed by atoms with E-state index in [4.69, 9.17) is 0 Å². The van der Waals surface area contributed by atoms with E-state index in [-0.39, 0.29) is 10.0 Å². The molecule has 4 nitrogen and oxygen atoms in total. The number of hydrogen-bond acceptors (Lipinski definition) is 3. The van der Waals surface area contributed by atoms with E-state index in [0.717, 1.165) is 12.1 Å². The average molecular weight is 336 g/mol. The van der Waals surface area contributed by atoms with Crippen LogP contribution in [0.4, 0.5) is 4.39 Å². The van der Waals surface area contributed by atoms with Crippen molar-refractivity contribution < 1.29 is 17.6 Å². The van der Waals surface area contributed by atoms with Crippen molar-refractivity contribution in [3.05, 3.63) is 34.1 Å². The molecule has 0 unspecified atom stereocenters. The maximum atomic E-state index is 12.9. The van der Waals surface area contributed by atoms with Crippen LogP contribution < -0.4 is 4.72 Å². The minimum absolute atomic E-state index is 0.0872. The molecule has 2 rings (SSSR count). The van der Waals surface area contributed by atoms with Gasteiger partial charge in [-0.2, -0.15) is 0 Å². The molecule has 98 valence electrons. The Bertz CT molecular complexity index is 611. The first kappa shape index (κ1) is 13.5. The predicted octanol–water partition coefficient (Wildman–Crippen LogP) is 2.20. The summed E-state index contributed by atoms with van der Waals surface area (Å²) in [7, 11) is -3.68. The van der Waals surface area contributed by atoms with Crippen molar-refractivity contribution in [2.75, 3.05) is 0 Å². The lowest BCUT2D eigenvalue weighted by molar-refractivity contribution is 0.0980. The van der Waals surface area contributed by atoms with Crippen LogP contribution in [0.3, 0.4) is 0 Å². The molecular formula is C11H11BrFNO3S. The maximum absolute atomic E-state index is 12.9. The van der Waals surface area contributed by atoms with Crippen molar-refractivity contribution in [1.82, 2.24) is 4.72 Å². The summed E-state index contributed by atoms with van der Waals surface area (Å²) in [6.45, 7) is 1.59. The lowest BCUT2D eigenvalue weighted by atomic mass is 10.2. The molecule has 0 aromatic heterocycles. The first-order valence-corrected chi connectivity index (χ1v) is 7.54. The van der Waals surface area contributed by atoms with E-state index in [9.17, 15) is 17.6 Å². The van der Waals surface area contributed by atoms with Crippen molar-refractivity contribution in [3.8, 4) is 0 Å². The fraction of sp³-hybridized carbons (Fsp3) is 0.364. The number of nitrogens with one attached hydrogen (secondary N) is 1. The van der Waals surface area contributed by atoms with Gasteiger partial charge in [-0.05, 0) is 53.9 Å². The topological polar surface area (TPSA) is 63.2 Å². The SMILES string of the molecule is CC1(S(=O)(=O)NC(=O)c2ccc(F)cc2Br)CC1. The summed E-state index contributed by atoms with van der Waals surface area (Å²) in [6.07, 6.45) is 1.08. The molecule has 1 N–H and O–H groups in total. The molecule has 1 saturated carbocycles. The molecule has 7 heteroatoms. The Kier molecular flexibility index (Phi) is 3.23. The van der Waals surface area contributed by atoms with E-state index >= 15 is 0 Å². The molecule has 1 amide bonds. The second-order valence-corrected chi connectivity index (χ2v) is 7.56. The van der Waals surface area contributed by atoms with Gasteiger partial charge in [-0.1, -0.05) is 0 Å². The monoisotopic (exact) mass is 335 g/mol. The number of hydrogen-bond donors (Lipinski definition) is 1. The lowest BCUT2D eigenvalue weighted by Crippen LogP contribution is -2.38. The summed E-state index contributed by atoms with van der Waals surface area (Å²) in [6, 6.07) is 3.45. The first-order chi connectivity index (χ1) is 8.25. The zero-order valence-corrected chi connectivity index (χ0v) is 11.9. The van der Waals surface area contributed by atoms with E-state index in [0.29, 0.717) is 12.8 Å². The quantitative estimate of drug-likeness (QED) is 0.920. The highest BCUT2D eigenvalue weighted by Gasteiger charge is 2.50. The molecule has 1 fully saturated rings. The molecule has 1 aromatic rings. The Morgan fingerprint density at radius 2 is 2.06 bits per heavy atom. The van der Waals surface area contributed by atoms with Crippen LogP contribution in [0.5, 0.6) is 0 Å². The van der Waals surface area contributed by atoms with Gasteiger partial charge in [0.25, 0.3) is 5.91 Å². The number of amides is 1. The fourth-order valence-corrected chi connectivity index (χ4v) is 3.19. The van der Waals surface area contributed by atoms with E-state index in [1.165, 1.54) is 6.07 Å². The molecule has 0 heterocycles. The predicted molar refractivity (Wildman–Crippen MR) is 68.1 cm³/mol. The number of benzene rings is 1. The molecule has 18 heavy (non-hydrogen) atoms. The maximum Gasteiger partial charge on any atom is 0.265 e. The summed E-state index contributed by atoms with van der Waals surface area (Å²) in [5.41, 5.74) is 0.0872. The Hall–Kier alpha value is -0.950. The van der Waals surface area contributed by atoms with Crippen molar-refractivity contribution in [2.45, 2.75) is 24.5 Å². The summed E-state index contributed by atoms with van der Waals surface area (Å²) < 4.78 is 38.0. The van der Waals surface area contributed by atoms with E-state index in [1.807, 2.05) is 4.72 Å². The van der Waals surface area contributed by atoms with E-state index in [1.54, 1.807) is 6.92 Å². The van der Waals surface area contributed by atoms with Gasteiger partial charge in [-0.15, -0.1) is 0 Å². The molecule has 0 saturated heterocycles. The molecule has 0 aliphatic heterocycles. The van der Waals surface area contributed by atoms with Gasteiger partial charge < -0.3 is 0 Å². The second-order valence-electron chi connectivity index (χ2n) is 4.51. The number of halogens is 2. The first-order valence-electron chi connectivity index (χ1n) is 5.27. The summed E-state index contributed by atoms with van der Waals surface area (Å²) in [4.78, 5) is 11.8. The van der Waals surface area contributed by atoms with Crippen LogP contribution in [-0.2, 0) is 10.0 Å². The van der Waals surface area contributed by atoms with Gasteiger partial charge in [0.05, 0.1) is 10.3 Å². The van der Waals surface area contributed by atoms with Crippen LogP contribution >= 0.6 is 15.9 Å². The molecule has 0 spiro atoms.